The third-order valence-corrected chi connectivity index (χ3v) is 4.78. The zero-order valence-electron chi connectivity index (χ0n) is 13.9. The van der Waals surface area contributed by atoms with Gasteiger partial charge in [0.2, 0.25) is 0 Å². The molecule has 1 aromatic carbocycles. The summed E-state index contributed by atoms with van der Waals surface area (Å²) >= 11 is 0. The number of hydrogen-bond acceptors (Lipinski definition) is 1. The summed E-state index contributed by atoms with van der Waals surface area (Å²) in [6.07, 6.45) is 0.259. The summed E-state index contributed by atoms with van der Waals surface area (Å²) < 4.78 is 39.2. The lowest BCUT2D eigenvalue weighted by Gasteiger charge is -2.32. The lowest BCUT2D eigenvalue weighted by molar-refractivity contribution is -0.138. The Balaban J connectivity index is 1.62. The number of aromatic nitrogens is 1. The monoisotopic (exact) mass is 350 g/mol. The molecule has 1 aliphatic heterocycles. The van der Waals surface area contributed by atoms with Gasteiger partial charge in [0.15, 0.2) is 0 Å². The first-order chi connectivity index (χ1) is 11.9. The molecule has 0 unspecified atom stereocenters. The number of aryl methyl sites for hydroxylation is 1. The third-order valence-electron chi connectivity index (χ3n) is 4.78. The van der Waals surface area contributed by atoms with E-state index in [0.29, 0.717) is 37.2 Å². The number of hydrogen-bond donors (Lipinski definition) is 1. The Morgan fingerprint density at radius 2 is 2.00 bits per heavy atom. The van der Waals surface area contributed by atoms with E-state index in [9.17, 15) is 18.0 Å². The molecule has 3 rings (SSSR count). The minimum atomic E-state index is -4.32. The van der Waals surface area contributed by atoms with Crippen molar-refractivity contribution in [2.45, 2.75) is 31.9 Å². The number of carbonyl (C=O) groups is 1. The molecule has 1 amide bonds. The van der Waals surface area contributed by atoms with Crippen LogP contribution in [0, 0.1) is 5.92 Å². The van der Waals surface area contributed by atoms with Crippen LogP contribution in [-0.2, 0) is 12.6 Å². The Morgan fingerprint density at radius 3 is 2.72 bits per heavy atom. The molecule has 0 spiro atoms. The summed E-state index contributed by atoms with van der Waals surface area (Å²) in [5.74, 6) is 0.194. The number of carbonyl (C=O) groups excluding carboxylic acids is 1. The lowest BCUT2D eigenvalue weighted by Crippen LogP contribution is -2.40. The fourth-order valence-electron chi connectivity index (χ4n) is 3.49. The number of rotatable bonds is 4. The molecule has 0 radical (unpaired) electrons. The van der Waals surface area contributed by atoms with Crippen molar-refractivity contribution >= 4 is 5.91 Å². The number of piperidine rings is 1. The summed E-state index contributed by atoms with van der Waals surface area (Å²) in [4.78, 5) is 17.1. The molecule has 0 saturated carbocycles. The normalized spacial score (nSPS) is 18.4. The smallest absolute Gasteiger partial charge is 0.357 e. The number of nitrogens with zero attached hydrogens (tertiary/aromatic N) is 1. The van der Waals surface area contributed by atoms with Crippen LogP contribution in [-0.4, -0.2) is 28.9 Å². The summed E-state index contributed by atoms with van der Waals surface area (Å²) in [7, 11) is 0. The molecule has 3 nitrogen and oxygen atoms in total. The van der Waals surface area contributed by atoms with E-state index < -0.39 is 11.7 Å². The molecular weight excluding hydrogens is 329 g/mol. The van der Waals surface area contributed by atoms with Crippen molar-refractivity contribution in [3.05, 3.63) is 59.4 Å². The number of aromatic amines is 1. The van der Waals surface area contributed by atoms with E-state index in [1.165, 1.54) is 6.07 Å². The Labute approximate surface area is 144 Å². The number of nitrogens with one attached hydrogen (secondary N) is 1. The Hall–Kier alpha value is -2.24. The number of alkyl halides is 3. The molecule has 134 valence electrons. The number of H-pyrrole nitrogens is 1. The first-order valence-corrected chi connectivity index (χ1v) is 8.53. The van der Waals surface area contributed by atoms with Crippen LogP contribution < -0.4 is 0 Å². The summed E-state index contributed by atoms with van der Waals surface area (Å²) in [6.45, 7) is 1.31. The van der Waals surface area contributed by atoms with Gasteiger partial charge in [-0.1, -0.05) is 18.2 Å². The minimum Gasteiger partial charge on any atom is -0.357 e. The van der Waals surface area contributed by atoms with Gasteiger partial charge in [-0.2, -0.15) is 13.2 Å². The van der Waals surface area contributed by atoms with Gasteiger partial charge >= 0.3 is 6.18 Å². The molecule has 6 heteroatoms. The molecule has 0 bridgehead atoms. The molecule has 1 atom stereocenters. The molecule has 0 aliphatic carbocycles. The van der Waals surface area contributed by atoms with Crippen LogP contribution in [0.2, 0.25) is 0 Å². The fraction of sp³-hybridized carbons (Fsp3) is 0.421. The zero-order valence-corrected chi connectivity index (χ0v) is 13.9. The van der Waals surface area contributed by atoms with Gasteiger partial charge in [0.25, 0.3) is 5.91 Å². The average molecular weight is 350 g/mol. The van der Waals surface area contributed by atoms with Crippen molar-refractivity contribution in [1.29, 1.82) is 0 Å². The topological polar surface area (TPSA) is 36.1 Å². The highest BCUT2D eigenvalue weighted by Crippen LogP contribution is 2.33. The second-order valence-electron chi connectivity index (χ2n) is 6.54. The molecule has 2 aromatic rings. The van der Waals surface area contributed by atoms with E-state index in [0.717, 1.165) is 18.9 Å². The highest BCUT2D eigenvalue weighted by atomic mass is 19.4. The maximum absolute atomic E-state index is 13.1. The van der Waals surface area contributed by atoms with Crippen LogP contribution in [0.1, 0.15) is 40.9 Å². The number of benzene rings is 1. The second kappa shape index (κ2) is 7.33. The van der Waals surface area contributed by atoms with Crippen molar-refractivity contribution in [1.82, 2.24) is 9.88 Å². The molecule has 2 heterocycles. The van der Waals surface area contributed by atoms with Gasteiger partial charge in [0, 0.05) is 19.3 Å². The molecular formula is C19H21F3N2O. The zero-order chi connectivity index (χ0) is 17.9. The van der Waals surface area contributed by atoms with E-state index >= 15 is 0 Å². The lowest BCUT2D eigenvalue weighted by atomic mass is 9.90. The predicted molar refractivity (Wildman–Crippen MR) is 89.2 cm³/mol. The Bertz CT molecular complexity index is 710. The van der Waals surface area contributed by atoms with Crippen molar-refractivity contribution in [2.75, 3.05) is 13.1 Å². The van der Waals surface area contributed by atoms with Crippen molar-refractivity contribution in [3.63, 3.8) is 0 Å². The van der Waals surface area contributed by atoms with Gasteiger partial charge in [-0.15, -0.1) is 0 Å². The molecule has 1 saturated heterocycles. The molecule has 1 fully saturated rings. The van der Waals surface area contributed by atoms with Crippen LogP contribution in [0.4, 0.5) is 13.2 Å². The number of likely N-dealkylation sites (tertiary alicyclic amines) is 1. The quantitative estimate of drug-likeness (QED) is 0.865. The average Bonchev–Trinajstić information content (AvgIpc) is 3.13. The van der Waals surface area contributed by atoms with E-state index in [1.54, 1.807) is 35.4 Å². The van der Waals surface area contributed by atoms with Crippen LogP contribution in [0.5, 0.6) is 0 Å². The van der Waals surface area contributed by atoms with Crippen LogP contribution in [0.15, 0.2) is 42.6 Å². The molecule has 1 aliphatic rings. The largest absolute Gasteiger partial charge is 0.416 e. The fourth-order valence-corrected chi connectivity index (χ4v) is 3.49. The first-order valence-electron chi connectivity index (χ1n) is 8.53. The van der Waals surface area contributed by atoms with Crippen LogP contribution in [0.3, 0.4) is 0 Å². The second-order valence-corrected chi connectivity index (χ2v) is 6.54. The van der Waals surface area contributed by atoms with Crippen molar-refractivity contribution in [2.24, 2.45) is 5.92 Å². The van der Waals surface area contributed by atoms with Gasteiger partial charge in [0.05, 0.1) is 5.56 Å². The van der Waals surface area contributed by atoms with E-state index in [-0.39, 0.29) is 11.8 Å². The van der Waals surface area contributed by atoms with Gasteiger partial charge in [-0.25, -0.2) is 0 Å². The minimum absolute atomic E-state index is 0.0367. The summed E-state index contributed by atoms with van der Waals surface area (Å²) in [6, 6.07) is 9.27. The Morgan fingerprint density at radius 1 is 1.20 bits per heavy atom. The van der Waals surface area contributed by atoms with Gasteiger partial charge in [0.1, 0.15) is 5.69 Å². The van der Waals surface area contributed by atoms with Crippen molar-refractivity contribution in [3.8, 4) is 0 Å². The van der Waals surface area contributed by atoms with Gasteiger partial charge in [-0.05, 0) is 55.4 Å². The molecule has 1 N–H and O–H groups in total. The van der Waals surface area contributed by atoms with E-state index in [2.05, 4.69) is 4.98 Å². The highest BCUT2D eigenvalue weighted by Gasteiger charge is 2.33. The third kappa shape index (κ3) is 4.24. The standard InChI is InChI=1S/C19H21F3N2O/c20-19(21,22)16-7-2-1-6-15(16)10-9-14-5-4-12-24(13-14)18(25)17-8-3-11-23-17/h1-3,6-8,11,14,23H,4-5,9-10,12-13H2/t14-/m0/s1. The Kier molecular flexibility index (Phi) is 5.16. The molecule has 25 heavy (non-hydrogen) atoms. The van der Waals surface area contributed by atoms with E-state index in [4.69, 9.17) is 0 Å². The maximum atomic E-state index is 13.1. The highest BCUT2D eigenvalue weighted by molar-refractivity contribution is 5.92. The number of halogens is 3. The number of amides is 1. The maximum Gasteiger partial charge on any atom is 0.416 e. The summed E-state index contributed by atoms with van der Waals surface area (Å²) in [5.41, 5.74) is 0.344. The first kappa shape index (κ1) is 17.6. The van der Waals surface area contributed by atoms with Gasteiger partial charge in [-0.3, -0.25) is 4.79 Å². The van der Waals surface area contributed by atoms with Crippen molar-refractivity contribution < 1.29 is 18.0 Å². The SMILES string of the molecule is O=C(c1ccc[nH]1)N1CCC[C@@H](CCc2ccccc2C(F)(F)F)C1. The predicted octanol–water partition coefficient (Wildman–Crippen LogP) is 4.52. The summed E-state index contributed by atoms with van der Waals surface area (Å²) in [5, 5.41) is 0. The van der Waals surface area contributed by atoms with E-state index in [1.807, 2.05) is 0 Å². The van der Waals surface area contributed by atoms with Crippen LogP contribution >= 0.6 is 0 Å². The van der Waals surface area contributed by atoms with Crippen LogP contribution in [0.25, 0.3) is 0 Å². The molecule has 1 aromatic heterocycles. The van der Waals surface area contributed by atoms with Gasteiger partial charge < -0.3 is 9.88 Å².